The van der Waals surface area contributed by atoms with Crippen molar-refractivity contribution in [3.05, 3.63) is 39.9 Å². The maximum absolute atomic E-state index is 11.7. The van der Waals surface area contributed by atoms with E-state index in [-0.39, 0.29) is 12.2 Å². The Kier molecular flexibility index (Phi) is 2.23. The molecule has 0 aliphatic heterocycles. The van der Waals surface area contributed by atoms with Gasteiger partial charge in [0.2, 0.25) is 0 Å². The molecule has 2 aromatic rings. The van der Waals surface area contributed by atoms with Crippen molar-refractivity contribution in [2.75, 3.05) is 0 Å². The average molecular weight is 210 g/mol. The summed E-state index contributed by atoms with van der Waals surface area (Å²) in [5.41, 5.74) is 5.81. The van der Waals surface area contributed by atoms with Crippen molar-refractivity contribution in [1.29, 1.82) is 0 Å². The van der Waals surface area contributed by atoms with E-state index in [0.29, 0.717) is 15.9 Å². The van der Waals surface area contributed by atoms with E-state index in [1.807, 2.05) is 0 Å². The number of benzene rings is 1. The molecule has 0 saturated heterocycles. The highest BCUT2D eigenvalue weighted by Crippen LogP contribution is 2.13. The second kappa shape index (κ2) is 3.40. The normalized spacial score (nSPS) is 10.7. The van der Waals surface area contributed by atoms with Gasteiger partial charge in [0.05, 0.1) is 23.9 Å². The Hall–Kier alpha value is -1.39. The lowest BCUT2D eigenvalue weighted by Gasteiger charge is -2.02. The lowest BCUT2D eigenvalue weighted by atomic mass is 10.2. The zero-order valence-electron chi connectivity index (χ0n) is 7.27. The van der Waals surface area contributed by atoms with E-state index in [1.54, 1.807) is 18.2 Å². The molecule has 14 heavy (non-hydrogen) atoms. The molecule has 2 rings (SSSR count). The fourth-order valence-electron chi connectivity index (χ4n) is 1.26. The molecule has 0 saturated carbocycles. The number of hydrogen-bond acceptors (Lipinski definition) is 3. The highest BCUT2D eigenvalue weighted by molar-refractivity contribution is 6.31. The van der Waals surface area contributed by atoms with Crippen LogP contribution in [0.15, 0.2) is 29.3 Å². The summed E-state index contributed by atoms with van der Waals surface area (Å²) in [5, 5.41) is 1.09. The number of halogens is 1. The molecule has 72 valence electrons. The maximum atomic E-state index is 11.7. The monoisotopic (exact) mass is 209 g/mol. The summed E-state index contributed by atoms with van der Waals surface area (Å²) in [5.74, 6) is 0. The third-order valence-electron chi connectivity index (χ3n) is 1.98. The van der Waals surface area contributed by atoms with E-state index in [4.69, 9.17) is 17.3 Å². The first kappa shape index (κ1) is 9.18. The predicted octanol–water partition coefficient (Wildman–Crippen LogP) is 0.966. The minimum absolute atomic E-state index is 0.129. The van der Waals surface area contributed by atoms with Crippen LogP contribution < -0.4 is 11.3 Å². The molecule has 0 aliphatic rings. The third-order valence-corrected chi connectivity index (χ3v) is 2.22. The zero-order chi connectivity index (χ0) is 10.1. The van der Waals surface area contributed by atoms with Gasteiger partial charge in [0.25, 0.3) is 5.56 Å². The number of nitrogens with zero attached hydrogens (tertiary/aromatic N) is 2. The van der Waals surface area contributed by atoms with Crippen LogP contribution in [-0.2, 0) is 6.67 Å². The van der Waals surface area contributed by atoms with Crippen molar-refractivity contribution in [3.8, 4) is 0 Å². The van der Waals surface area contributed by atoms with Gasteiger partial charge in [-0.05, 0) is 18.2 Å². The summed E-state index contributed by atoms with van der Waals surface area (Å²) in [6.07, 6.45) is 1.42. The van der Waals surface area contributed by atoms with Gasteiger partial charge in [-0.3, -0.25) is 9.36 Å². The molecule has 1 aromatic carbocycles. The van der Waals surface area contributed by atoms with Gasteiger partial charge in [-0.1, -0.05) is 11.6 Å². The fraction of sp³-hybridized carbons (Fsp3) is 0.111. The average Bonchev–Trinajstić information content (AvgIpc) is 2.18. The summed E-state index contributed by atoms with van der Waals surface area (Å²) < 4.78 is 1.34. The number of aromatic nitrogens is 2. The Labute approximate surface area is 84.9 Å². The molecule has 4 nitrogen and oxygen atoms in total. The van der Waals surface area contributed by atoms with Crippen LogP contribution in [-0.4, -0.2) is 9.55 Å². The second-order valence-corrected chi connectivity index (χ2v) is 3.30. The van der Waals surface area contributed by atoms with Crippen LogP contribution in [0.4, 0.5) is 0 Å². The van der Waals surface area contributed by atoms with E-state index in [0.717, 1.165) is 0 Å². The first-order valence-electron chi connectivity index (χ1n) is 4.07. The van der Waals surface area contributed by atoms with Crippen molar-refractivity contribution >= 4 is 22.5 Å². The Bertz CT molecular complexity index is 535. The van der Waals surface area contributed by atoms with Gasteiger partial charge >= 0.3 is 0 Å². The summed E-state index contributed by atoms with van der Waals surface area (Å²) in [6.45, 7) is 0.129. The Morgan fingerprint density at radius 2 is 2.29 bits per heavy atom. The van der Waals surface area contributed by atoms with E-state index < -0.39 is 0 Å². The standard InChI is InChI=1S/C9H8ClN3O/c10-6-1-2-7-8(3-6)12-5-13(4-11)9(7)14/h1-3,5H,4,11H2. The first-order chi connectivity index (χ1) is 6.72. The fourth-order valence-corrected chi connectivity index (χ4v) is 1.43. The first-order valence-corrected chi connectivity index (χ1v) is 4.45. The van der Waals surface area contributed by atoms with E-state index >= 15 is 0 Å². The molecular formula is C9H8ClN3O. The molecule has 0 bridgehead atoms. The highest BCUT2D eigenvalue weighted by Gasteiger charge is 2.02. The molecule has 0 atom stereocenters. The molecule has 0 amide bonds. The van der Waals surface area contributed by atoms with Crippen LogP contribution >= 0.6 is 11.6 Å². The smallest absolute Gasteiger partial charge is 0.262 e. The largest absolute Gasteiger partial charge is 0.313 e. The molecular weight excluding hydrogens is 202 g/mol. The number of nitrogens with two attached hydrogens (primary N) is 1. The van der Waals surface area contributed by atoms with Gasteiger partial charge in [0, 0.05) is 5.02 Å². The molecule has 0 aliphatic carbocycles. The molecule has 1 heterocycles. The van der Waals surface area contributed by atoms with E-state index in [2.05, 4.69) is 4.98 Å². The number of rotatable bonds is 1. The summed E-state index contributed by atoms with van der Waals surface area (Å²) in [4.78, 5) is 15.7. The minimum atomic E-state index is -0.144. The van der Waals surface area contributed by atoms with Crippen LogP contribution in [0.3, 0.4) is 0 Å². The molecule has 0 spiro atoms. The Balaban J connectivity index is 2.84. The SMILES string of the molecule is NCn1cnc2cc(Cl)ccc2c1=O. The van der Waals surface area contributed by atoms with Crippen molar-refractivity contribution < 1.29 is 0 Å². The third kappa shape index (κ3) is 1.38. The predicted molar refractivity (Wildman–Crippen MR) is 55.2 cm³/mol. The Morgan fingerprint density at radius 1 is 1.50 bits per heavy atom. The number of fused-ring (bicyclic) bond motifs is 1. The van der Waals surface area contributed by atoms with Crippen LogP contribution in [0.2, 0.25) is 5.02 Å². The summed E-state index contributed by atoms with van der Waals surface area (Å²) in [7, 11) is 0. The van der Waals surface area contributed by atoms with Crippen LogP contribution in [0.25, 0.3) is 10.9 Å². The van der Waals surface area contributed by atoms with E-state index in [1.165, 1.54) is 10.9 Å². The minimum Gasteiger partial charge on any atom is -0.313 e. The van der Waals surface area contributed by atoms with Gasteiger partial charge in [0.15, 0.2) is 0 Å². The Morgan fingerprint density at radius 3 is 3.00 bits per heavy atom. The lowest BCUT2D eigenvalue weighted by Crippen LogP contribution is -2.24. The molecule has 0 fully saturated rings. The van der Waals surface area contributed by atoms with Crippen LogP contribution in [0.5, 0.6) is 0 Å². The van der Waals surface area contributed by atoms with Crippen molar-refractivity contribution in [3.63, 3.8) is 0 Å². The number of hydrogen-bond donors (Lipinski definition) is 1. The van der Waals surface area contributed by atoms with Crippen LogP contribution in [0, 0.1) is 0 Å². The summed E-state index contributed by atoms with van der Waals surface area (Å²) >= 11 is 5.77. The molecule has 0 radical (unpaired) electrons. The topological polar surface area (TPSA) is 60.9 Å². The van der Waals surface area contributed by atoms with Crippen molar-refractivity contribution in [1.82, 2.24) is 9.55 Å². The van der Waals surface area contributed by atoms with Gasteiger partial charge in [-0.25, -0.2) is 4.98 Å². The van der Waals surface area contributed by atoms with Gasteiger partial charge < -0.3 is 5.73 Å². The molecule has 1 aromatic heterocycles. The quantitative estimate of drug-likeness (QED) is 0.761. The van der Waals surface area contributed by atoms with Gasteiger partial charge in [-0.15, -0.1) is 0 Å². The lowest BCUT2D eigenvalue weighted by molar-refractivity contribution is 0.692. The van der Waals surface area contributed by atoms with E-state index in [9.17, 15) is 4.79 Å². The van der Waals surface area contributed by atoms with Crippen molar-refractivity contribution in [2.24, 2.45) is 5.73 Å². The zero-order valence-corrected chi connectivity index (χ0v) is 8.03. The maximum Gasteiger partial charge on any atom is 0.262 e. The molecule has 0 unspecified atom stereocenters. The highest BCUT2D eigenvalue weighted by atomic mass is 35.5. The van der Waals surface area contributed by atoms with Crippen molar-refractivity contribution in [2.45, 2.75) is 6.67 Å². The molecule has 2 N–H and O–H groups in total. The van der Waals surface area contributed by atoms with Crippen LogP contribution in [0.1, 0.15) is 0 Å². The van der Waals surface area contributed by atoms with Gasteiger partial charge in [-0.2, -0.15) is 0 Å². The molecule has 5 heteroatoms. The van der Waals surface area contributed by atoms with Gasteiger partial charge in [0.1, 0.15) is 0 Å². The second-order valence-electron chi connectivity index (χ2n) is 2.86. The summed E-state index contributed by atoms with van der Waals surface area (Å²) in [6, 6.07) is 4.96.